The van der Waals surface area contributed by atoms with Crippen molar-refractivity contribution in [2.45, 2.75) is 39.2 Å². The lowest BCUT2D eigenvalue weighted by Crippen LogP contribution is -2.05. The average Bonchev–Trinajstić information content (AvgIpc) is 3.59. The Bertz CT molecular complexity index is 1390. The van der Waals surface area contributed by atoms with Gasteiger partial charge in [-0.3, -0.25) is 0 Å². The fourth-order valence-corrected chi connectivity index (χ4v) is 4.31. The first-order valence-corrected chi connectivity index (χ1v) is 12.4. The van der Waals surface area contributed by atoms with Gasteiger partial charge in [-0.25, -0.2) is 9.67 Å². The van der Waals surface area contributed by atoms with Crippen molar-refractivity contribution < 1.29 is 0 Å². The molecule has 0 spiro atoms. The summed E-state index contributed by atoms with van der Waals surface area (Å²) < 4.78 is 2.02. The van der Waals surface area contributed by atoms with Crippen LogP contribution in [-0.2, 0) is 19.4 Å². The number of aromatic nitrogens is 7. The van der Waals surface area contributed by atoms with Crippen LogP contribution in [0.4, 0.5) is 0 Å². The van der Waals surface area contributed by atoms with Gasteiger partial charge in [0.15, 0.2) is 11.6 Å². The molecule has 0 radical (unpaired) electrons. The smallest absolute Gasteiger partial charge is 0.205 e. The zero-order valence-electron chi connectivity index (χ0n) is 20.4. The lowest BCUT2D eigenvalue weighted by Gasteiger charge is -2.10. The minimum absolute atomic E-state index is 0.582. The minimum atomic E-state index is 0.582. The number of nitrogens with zero attached hydrogens (tertiary/aromatic N) is 6. The van der Waals surface area contributed by atoms with Crippen molar-refractivity contribution in [2.24, 2.45) is 5.73 Å². The number of aryl methyl sites for hydroxylation is 1. The van der Waals surface area contributed by atoms with Gasteiger partial charge in [-0.05, 0) is 46.9 Å². The highest BCUT2D eigenvalue weighted by Gasteiger charge is 2.14. The topological polar surface area (TPSA) is 111 Å². The fourth-order valence-electron chi connectivity index (χ4n) is 4.31. The molecule has 182 valence electrons. The van der Waals surface area contributed by atoms with Gasteiger partial charge in [0.1, 0.15) is 0 Å². The third-order valence-corrected chi connectivity index (χ3v) is 6.23. The summed E-state index contributed by atoms with van der Waals surface area (Å²) in [6.07, 6.45) is 3.95. The van der Waals surface area contributed by atoms with E-state index in [4.69, 9.17) is 15.8 Å². The Kier molecular flexibility index (Phi) is 7.23. The number of nitrogens with two attached hydrogens (primary N) is 1. The Hall–Kier alpha value is -4.17. The van der Waals surface area contributed by atoms with Gasteiger partial charge in [0.25, 0.3) is 0 Å². The molecule has 0 aliphatic rings. The molecule has 5 aromatic rings. The normalized spacial score (nSPS) is 11.2. The maximum atomic E-state index is 5.71. The van der Waals surface area contributed by atoms with Crippen LogP contribution in [0, 0.1) is 0 Å². The molecule has 0 amide bonds. The SMILES string of the molecule is CCCCc1nc(-c2ccc(CCN)cc2)n(Cc2ccc(-c3ccccc3-c3nn[nH]n3)cc2)n1. The summed E-state index contributed by atoms with van der Waals surface area (Å²) >= 11 is 0. The summed E-state index contributed by atoms with van der Waals surface area (Å²) in [5.74, 6) is 2.37. The number of hydrogen-bond acceptors (Lipinski definition) is 6. The summed E-state index contributed by atoms with van der Waals surface area (Å²) in [6, 6.07) is 25.1. The monoisotopic (exact) mass is 478 g/mol. The molecular weight excluding hydrogens is 448 g/mol. The van der Waals surface area contributed by atoms with E-state index >= 15 is 0 Å². The van der Waals surface area contributed by atoms with Crippen LogP contribution in [0.15, 0.2) is 72.8 Å². The molecule has 0 fully saturated rings. The van der Waals surface area contributed by atoms with Gasteiger partial charge < -0.3 is 5.73 Å². The second-order valence-electron chi connectivity index (χ2n) is 8.83. The van der Waals surface area contributed by atoms with Crippen LogP contribution >= 0.6 is 0 Å². The molecule has 3 aromatic carbocycles. The van der Waals surface area contributed by atoms with Crippen LogP contribution in [0.5, 0.6) is 0 Å². The number of unbranched alkanes of at least 4 members (excludes halogenated alkanes) is 1. The van der Waals surface area contributed by atoms with Crippen LogP contribution in [0.1, 0.15) is 36.7 Å². The molecule has 0 atom stereocenters. The summed E-state index contributed by atoms with van der Waals surface area (Å²) in [7, 11) is 0. The van der Waals surface area contributed by atoms with E-state index in [0.29, 0.717) is 18.9 Å². The van der Waals surface area contributed by atoms with Crippen molar-refractivity contribution in [1.29, 1.82) is 0 Å². The zero-order chi connectivity index (χ0) is 24.7. The molecule has 3 N–H and O–H groups in total. The van der Waals surface area contributed by atoms with Crippen LogP contribution in [0.2, 0.25) is 0 Å². The van der Waals surface area contributed by atoms with E-state index in [1.807, 2.05) is 22.9 Å². The summed E-state index contributed by atoms with van der Waals surface area (Å²) in [4.78, 5) is 4.90. The Morgan fingerprint density at radius 3 is 2.25 bits per heavy atom. The van der Waals surface area contributed by atoms with Gasteiger partial charge in [-0.1, -0.05) is 86.1 Å². The van der Waals surface area contributed by atoms with E-state index < -0.39 is 0 Å². The Morgan fingerprint density at radius 1 is 0.833 bits per heavy atom. The molecule has 0 aliphatic heterocycles. The number of hydrogen-bond donors (Lipinski definition) is 2. The highest BCUT2D eigenvalue weighted by Crippen LogP contribution is 2.30. The molecule has 0 aliphatic carbocycles. The Labute approximate surface area is 210 Å². The number of rotatable bonds is 10. The first kappa shape index (κ1) is 23.6. The number of nitrogens with one attached hydrogen (secondary N) is 1. The van der Waals surface area contributed by atoms with E-state index in [2.05, 4.69) is 82.1 Å². The van der Waals surface area contributed by atoms with Crippen molar-refractivity contribution in [1.82, 2.24) is 35.4 Å². The second-order valence-corrected chi connectivity index (χ2v) is 8.83. The third kappa shape index (κ3) is 5.23. The molecule has 36 heavy (non-hydrogen) atoms. The summed E-state index contributed by atoms with van der Waals surface area (Å²) in [6.45, 7) is 3.48. The van der Waals surface area contributed by atoms with Crippen LogP contribution in [-0.4, -0.2) is 41.9 Å². The standard InChI is InChI=1S/C28H30N8/c1-2-3-8-26-30-28(23-15-9-20(10-16-23)17-18-29)36(33-26)19-21-11-13-22(14-12-21)24-6-4-5-7-25(24)27-31-34-35-32-27/h4-7,9-16H,2-3,8,17-19,29H2,1H3,(H,31,32,34,35). The molecular formula is C28H30N8. The van der Waals surface area contributed by atoms with Crippen molar-refractivity contribution >= 4 is 0 Å². The Balaban J connectivity index is 1.42. The van der Waals surface area contributed by atoms with E-state index in [1.165, 1.54) is 5.56 Å². The second kappa shape index (κ2) is 11.0. The molecule has 0 bridgehead atoms. The van der Waals surface area contributed by atoms with E-state index in [1.54, 1.807) is 0 Å². The van der Waals surface area contributed by atoms with Gasteiger partial charge in [-0.15, -0.1) is 10.2 Å². The molecule has 8 heteroatoms. The van der Waals surface area contributed by atoms with Crippen molar-refractivity contribution in [2.75, 3.05) is 6.54 Å². The lowest BCUT2D eigenvalue weighted by atomic mass is 9.98. The molecule has 2 aromatic heterocycles. The van der Waals surface area contributed by atoms with Crippen LogP contribution < -0.4 is 5.73 Å². The highest BCUT2D eigenvalue weighted by atomic mass is 15.5. The molecule has 0 saturated heterocycles. The van der Waals surface area contributed by atoms with Crippen molar-refractivity contribution in [3.05, 3.63) is 89.7 Å². The zero-order valence-corrected chi connectivity index (χ0v) is 20.4. The van der Waals surface area contributed by atoms with Gasteiger partial charge in [-0.2, -0.15) is 10.3 Å². The quantitative estimate of drug-likeness (QED) is 0.301. The maximum Gasteiger partial charge on any atom is 0.205 e. The largest absolute Gasteiger partial charge is 0.330 e. The van der Waals surface area contributed by atoms with Crippen molar-refractivity contribution in [3.8, 4) is 33.9 Å². The Morgan fingerprint density at radius 2 is 1.56 bits per heavy atom. The number of tetrazole rings is 1. The lowest BCUT2D eigenvalue weighted by molar-refractivity contribution is 0.666. The molecule has 2 heterocycles. The van der Waals surface area contributed by atoms with Gasteiger partial charge in [0.05, 0.1) is 6.54 Å². The van der Waals surface area contributed by atoms with E-state index in [0.717, 1.165) is 65.1 Å². The van der Waals surface area contributed by atoms with Crippen molar-refractivity contribution in [3.63, 3.8) is 0 Å². The third-order valence-electron chi connectivity index (χ3n) is 6.23. The van der Waals surface area contributed by atoms with Gasteiger partial charge in [0, 0.05) is 17.5 Å². The summed E-state index contributed by atoms with van der Waals surface area (Å²) in [5.41, 5.74) is 12.3. The summed E-state index contributed by atoms with van der Waals surface area (Å²) in [5, 5.41) is 19.4. The number of H-pyrrole nitrogens is 1. The van der Waals surface area contributed by atoms with Gasteiger partial charge >= 0.3 is 0 Å². The molecule has 0 unspecified atom stereocenters. The number of aromatic amines is 1. The average molecular weight is 479 g/mol. The predicted molar refractivity (Wildman–Crippen MR) is 141 cm³/mol. The minimum Gasteiger partial charge on any atom is -0.330 e. The number of benzene rings is 3. The van der Waals surface area contributed by atoms with Crippen LogP contribution in [0.25, 0.3) is 33.9 Å². The van der Waals surface area contributed by atoms with E-state index in [-0.39, 0.29) is 0 Å². The highest BCUT2D eigenvalue weighted by molar-refractivity contribution is 5.80. The fraction of sp³-hybridized carbons (Fsp3) is 0.250. The maximum absolute atomic E-state index is 5.71. The first-order valence-electron chi connectivity index (χ1n) is 12.4. The molecule has 0 saturated carbocycles. The van der Waals surface area contributed by atoms with Gasteiger partial charge in [0.2, 0.25) is 5.82 Å². The van der Waals surface area contributed by atoms with Crippen LogP contribution in [0.3, 0.4) is 0 Å². The van der Waals surface area contributed by atoms with E-state index in [9.17, 15) is 0 Å². The predicted octanol–water partition coefficient (Wildman–Crippen LogP) is 4.68. The first-order chi connectivity index (χ1) is 17.7. The molecule has 8 nitrogen and oxygen atoms in total. The molecule has 5 rings (SSSR count).